The molecule has 0 radical (unpaired) electrons. The van der Waals surface area contributed by atoms with Gasteiger partial charge in [0.15, 0.2) is 24.3 Å². The first kappa shape index (κ1) is 31.0. The second-order valence-corrected chi connectivity index (χ2v) is 9.09. The Morgan fingerprint density at radius 1 is 1.20 bits per heavy atom. The van der Waals surface area contributed by atoms with Crippen LogP contribution in [0, 0.1) is 10.1 Å². The molecule has 1 aromatic carbocycles. The van der Waals surface area contributed by atoms with Crippen molar-refractivity contribution in [1.82, 2.24) is 15.9 Å². The summed E-state index contributed by atoms with van der Waals surface area (Å²) in [4.78, 5) is 51.1. The molecule has 2 aliphatic heterocycles. The number of rotatable bonds is 9. The lowest BCUT2D eigenvalue weighted by Gasteiger charge is -2.41. The van der Waals surface area contributed by atoms with Crippen LogP contribution in [0.3, 0.4) is 0 Å². The van der Waals surface area contributed by atoms with Gasteiger partial charge < -0.3 is 49.6 Å². The SMILES string of the molecule is CB(O)N=C(NB(C)O)N[C@H]1C=C(C)O[C@@H]([C@H](OC(=O)Oc2ccc([N+](=O)[O-])cc2)[C@H]2COC(=O)O2)[C@@H]1NC(C)=O. The van der Waals surface area contributed by atoms with E-state index in [2.05, 4.69) is 20.8 Å². The number of nitrogens with one attached hydrogen (secondary N) is 3. The first-order chi connectivity index (χ1) is 19.3. The minimum Gasteiger partial charge on any atom is -0.489 e. The van der Waals surface area contributed by atoms with Gasteiger partial charge in [-0.3, -0.25) is 19.8 Å². The lowest BCUT2D eigenvalue weighted by atomic mass is 9.87. The van der Waals surface area contributed by atoms with E-state index >= 15 is 0 Å². The van der Waals surface area contributed by atoms with Crippen molar-refractivity contribution in [2.45, 2.75) is 57.9 Å². The number of nitro benzene ring substituents is 1. The molecule has 5 N–H and O–H groups in total. The maximum Gasteiger partial charge on any atom is 0.514 e. The number of nitro groups is 1. The predicted molar refractivity (Wildman–Crippen MR) is 142 cm³/mol. The molecule has 5 atom stereocenters. The van der Waals surface area contributed by atoms with Crippen molar-refractivity contribution in [2.75, 3.05) is 6.61 Å². The third kappa shape index (κ3) is 9.00. The molecule has 41 heavy (non-hydrogen) atoms. The van der Waals surface area contributed by atoms with E-state index in [0.717, 1.165) is 12.1 Å². The molecule has 0 aromatic heterocycles. The first-order valence-corrected chi connectivity index (χ1v) is 12.4. The molecule has 3 rings (SSSR count). The number of allylic oxidation sites excluding steroid dienone is 1. The number of carbonyl (C=O) groups is 3. The molecule has 2 aliphatic rings. The summed E-state index contributed by atoms with van der Waals surface area (Å²) in [5.41, 5.74) is -0.225. The van der Waals surface area contributed by atoms with Crippen LogP contribution in [-0.4, -0.2) is 90.3 Å². The zero-order valence-electron chi connectivity index (χ0n) is 22.5. The Morgan fingerprint density at radius 3 is 2.41 bits per heavy atom. The summed E-state index contributed by atoms with van der Waals surface area (Å²) >= 11 is 0. The molecule has 0 unspecified atom stereocenters. The predicted octanol–water partition coefficient (Wildman–Crippen LogP) is -0.0541. The quantitative estimate of drug-likeness (QED) is 0.0493. The van der Waals surface area contributed by atoms with Gasteiger partial charge in [0.1, 0.15) is 12.4 Å². The fraction of sp³-hybridized carbons (Fsp3) is 0.455. The fourth-order valence-corrected chi connectivity index (χ4v) is 4.08. The fourth-order valence-electron chi connectivity index (χ4n) is 4.08. The standard InChI is InChI=1S/C22H29B2N5O12/c1-11-9-15(26-20(27-23(3)33)28-24(4)34)17(25-12(2)30)19(38-11)18(16-10-37-21(31)40-16)41-22(32)39-14-7-5-13(6-8-14)29(35)36/h5-9,15-19,33-34H,10H2,1-4H3,(H,25,30)(H2,26,27,28)/t15-,16+,17+,18+,19+/m0/s1. The summed E-state index contributed by atoms with van der Waals surface area (Å²) in [7, 11) is -2.23. The van der Waals surface area contributed by atoms with Crippen molar-refractivity contribution in [2.24, 2.45) is 4.90 Å². The van der Waals surface area contributed by atoms with E-state index in [9.17, 15) is 34.5 Å². The minimum atomic E-state index is -1.40. The maximum absolute atomic E-state index is 12.8. The molecular weight excluding hydrogens is 548 g/mol. The summed E-state index contributed by atoms with van der Waals surface area (Å²) in [5.74, 6) is -0.274. The van der Waals surface area contributed by atoms with Crippen LogP contribution in [0.25, 0.3) is 0 Å². The van der Waals surface area contributed by atoms with Crippen molar-refractivity contribution >= 4 is 44.0 Å². The second kappa shape index (κ2) is 13.7. The van der Waals surface area contributed by atoms with Gasteiger partial charge in [-0.05, 0) is 38.8 Å². The van der Waals surface area contributed by atoms with Gasteiger partial charge in [0.2, 0.25) is 5.91 Å². The average Bonchev–Trinajstić information content (AvgIpc) is 3.29. The molecule has 1 aromatic rings. The lowest BCUT2D eigenvalue weighted by Crippen LogP contribution is -2.65. The largest absolute Gasteiger partial charge is 0.514 e. The van der Waals surface area contributed by atoms with Gasteiger partial charge in [0, 0.05) is 19.1 Å². The van der Waals surface area contributed by atoms with Crippen molar-refractivity contribution in [1.29, 1.82) is 0 Å². The molecule has 19 heteroatoms. The number of benzene rings is 1. The molecule has 0 aliphatic carbocycles. The van der Waals surface area contributed by atoms with Crippen LogP contribution in [0.1, 0.15) is 13.8 Å². The van der Waals surface area contributed by atoms with Crippen LogP contribution < -0.4 is 20.6 Å². The molecule has 17 nitrogen and oxygen atoms in total. The van der Waals surface area contributed by atoms with E-state index in [-0.39, 0.29) is 24.0 Å². The van der Waals surface area contributed by atoms with Crippen LogP contribution in [-0.2, 0) is 23.7 Å². The van der Waals surface area contributed by atoms with Crippen molar-refractivity contribution < 1.29 is 53.0 Å². The number of cyclic esters (lactones) is 2. The van der Waals surface area contributed by atoms with Crippen LogP contribution in [0.2, 0.25) is 13.6 Å². The zero-order valence-corrected chi connectivity index (χ0v) is 22.5. The number of carbonyl (C=O) groups excluding carboxylic acids is 3. The summed E-state index contributed by atoms with van der Waals surface area (Å²) in [6.45, 7) is 5.32. The van der Waals surface area contributed by atoms with Gasteiger partial charge in [-0.1, -0.05) is 0 Å². The highest BCUT2D eigenvalue weighted by atomic mass is 16.8. The van der Waals surface area contributed by atoms with Crippen molar-refractivity contribution in [3.8, 4) is 5.75 Å². The summed E-state index contributed by atoms with van der Waals surface area (Å²) in [6, 6.07) is 2.80. The van der Waals surface area contributed by atoms with E-state index in [4.69, 9.17) is 23.7 Å². The molecule has 0 saturated carbocycles. The Hall–Kier alpha value is -4.51. The Labute approximate surface area is 234 Å². The molecule has 0 bridgehead atoms. The molecule has 2 heterocycles. The highest BCUT2D eigenvalue weighted by Crippen LogP contribution is 2.28. The number of ether oxygens (including phenoxy) is 5. The third-order valence-corrected chi connectivity index (χ3v) is 5.60. The topological polar surface area (TPSA) is 229 Å². The average molecular weight is 577 g/mol. The Kier molecular flexibility index (Phi) is 10.4. The van der Waals surface area contributed by atoms with Crippen molar-refractivity contribution in [3.63, 3.8) is 0 Å². The van der Waals surface area contributed by atoms with Gasteiger partial charge >= 0.3 is 26.4 Å². The highest BCUT2D eigenvalue weighted by Gasteiger charge is 2.49. The van der Waals surface area contributed by atoms with Gasteiger partial charge in [-0.25, -0.2) is 9.59 Å². The van der Waals surface area contributed by atoms with Gasteiger partial charge in [0.05, 0.1) is 22.8 Å². The zero-order chi connectivity index (χ0) is 30.3. The Balaban J connectivity index is 1.92. The third-order valence-electron chi connectivity index (χ3n) is 5.60. The number of non-ortho nitro benzene ring substituents is 1. The molecule has 0 spiro atoms. The molecule has 1 saturated heterocycles. The number of hydrogen-bond donors (Lipinski definition) is 5. The van der Waals surface area contributed by atoms with E-state index < -0.39 is 67.6 Å². The Morgan fingerprint density at radius 2 is 1.88 bits per heavy atom. The van der Waals surface area contributed by atoms with E-state index in [0.29, 0.717) is 5.76 Å². The van der Waals surface area contributed by atoms with Crippen LogP contribution >= 0.6 is 0 Å². The van der Waals surface area contributed by atoms with E-state index in [1.165, 1.54) is 32.7 Å². The highest BCUT2D eigenvalue weighted by molar-refractivity contribution is 6.52. The van der Waals surface area contributed by atoms with Gasteiger partial charge in [0.25, 0.3) is 5.69 Å². The van der Waals surface area contributed by atoms with Gasteiger partial charge in [-0.2, -0.15) is 0 Å². The van der Waals surface area contributed by atoms with E-state index in [1.54, 1.807) is 13.0 Å². The van der Waals surface area contributed by atoms with Crippen LogP contribution in [0.5, 0.6) is 5.75 Å². The minimum absolute atomic E-state index is 0.0225. The molecule has 220 valence electrons. The van der Waals surface area contributed by atoms with Crippen LogP contribution in [0.4, 0.5) is 15.3 Å². The monoisotopic (exact) mass is 577 g/mol. The van der Waals surface area contributed by atoms with Gasteiger partial charge in [-0.15, -0.1) is 0 Å². The van der Waals surface area contributed by atoms with E-state index in [1.807, 2.05) is 0 Å². The maximum atomic E-state index is 12.8. The lowest BCUT2D eigenvalue weighted by molar-refractivity contribution is -0.384. The molecular formula is C22H29B2N5O12. The molecule has 1 fully saturated rings. The summed E-state index contributed by atoms with van der Waals surface area (Å²) in [5, 5.41) is 38.8. The summed E-state index contributed by atoms with van der Waals surface area (Å²) < 4.78 is 26.7. The normalized spacial score (nSPS) is 22.5. The smallest absolute Gasteiger partial charge is 0.489 e. The molecule has 1 amide bonds. The van der Waals surface area contributed by atoms with Crippen LogP contribution in [0.15, 0.2) is 41.0 Å². The second-order valence-electron chi connectivity index (χ2n) is 9.09. The summed E-state index contributed by atoms with van der Waals surface area (Å²) in [6.07, 6.45) is -4.49. The number of hydrogen-bond acceptors (Lipinski definition) is 13. The number of amides is 1. The van der Waals surface area contributed by atoms with Crippen molar-refractivity contribution in [3.05, 3.63) is 46.2 Å². The number of guanidine groups is 1. The first-order valence-electron chi connectivity index (χ1n) is 12.4. The Bertz CT molecular complexity index is 1200. The number of nitrogens with zero attached hydrogens (tertiary/aromatic N) is 2.